The molecule has 0 aliphatic rings. The molecule has 1 rings (SSSR count). The minimum atomic E-state index is -0.997. The van der Waals surface area contributed by atoms with Crippen LogP contribution in [-0.4, -0.2) is 34.4 Å². The predicted molar refractivity (Wildman–Crippen MR) is 102 cm³/mol. The summed E-state index contributed by atoms with van der Waals surface area (Å²) in [5, 5.41) is 0. The molecule has 0 fully saturated rings. The van der Waals surface area contributed by atoms with Crippen molar-refractivity contribution in [2.75, 3.05) is 28.4 Å². The Morgan fingerprint density at radius 3 is 1.88 bits per heavy atom. The van der Waals surface area contributed by atoms with Gasteiger partial charge in [0.2, 0.25) is 0 Å². The molecule has 0 saturated heterocycles. The fourth-order valence-corrected chi connectivity index (χ4v) is 3.37. The molecule has 0 saturated carbocycles. The van der Waals surface area contributed by atoms with E-state index >= 15 is 0 Å². The Hall–Kier alpha value is -1.10. The Balaban J connectivity index is 2.72. The van der Waals surface area contributed by atoms with Crippen molar-refractivity contribution in [3.05, 3.63) is 29.8 Å². The summed E-state index contributed by atoms with van der Waals surface area (Å²) in [6.45, 7) is 2.25. The largest absolute Gasteiger partial charge is 0.497 e. The van der Waals surface area contributed by atoms with Crippen LogP contribution in [0.25, 0.3) is 0 Å². The molecular formula is C21H36O4. The second kappa shape index (κ2) is 12.3. The number of hydrogen-bond donors (Lipinski definition) is 0. The first-order valence-electron chi connectivity index (χ1n) is 9.44. The minimum absolute atomic E-state index is 0.132. The molecule has 0 aromatic heterocycles. The van der Waals surface area contributed by atoms with Crippen molar-refractivity contribution in [3.8, 4) is 5.75 Å². The maximum absolute atomic E-state index is 5.64. The molecule has 0 aliphatic heterocycles. The minimum Gasteiger partial charge on any atom is -0.497 e. The average molecular weight is 353 g/mol. The van der Waals surface area contributed by atoms with Gasteiger partial charge in [0.15, 0.2) is 0 Å². The van der Waals surface area contributed by atoms with E-state index in [0.717, 1.165) is 25.0 Å². The second-order valence-corrected chi connectivity index (χ2v) is 6.52. The second-order valence-electron chi connectivity index (χ2n) is 6.52. The number of rotatable bonds is 14. The van der Waals surface area contributed by atoms with E-state index in [2.05, 4.69) is 19.1 Å². The normalized spacial score (nSPS) is 13.0. The van der Waals surface area contributed by atoms with Gasteiger partial charge in [-0.05, 0) is 30.5 Å². The maximum atomic E-state index is 5.64. The van der Waals surface area contributed by atoms with E-state index in [9.17, 15) is 0 Å². The summed E-state index contributed by atoms with van der Waals surface area (Å²) in [6, 6.07) is 8.17. The van der Waals surface area contributed by atoms with E-state index in [-0.39, 0.29) is 5.92 Å². The Labute approximate surface area is 153 Å². The summed E-state index contributed by atoms with van der Waals surface area (Å²) < 4.78 is 22.2. The van der Waals surface area contributed by atoms with Crippen molar-refractivity contribution in [1.29, 1.82) is 0 Å². The van der Waals surface area contributed by atoms with E-state index in [1.165, 1.54) is 37.7 Å². The summed E-state index contributed by atoms with van der Waals surface area (Å²) in [4.78, 5) is 0. The van der Waals surface area contributed by atoms with Crippen LogP contribution in [0.2, 0.25) is 0 Å². The van der Waals surface area contributed by atoms with Gasteiger partial charge >= 0.3 is 0 Å². The van der Waals surface area contributed by atoms with Gasteiger partial charge in [-0.15, -0.1) is 0 Å². The molecule has 4 heteroatoms. The monoisotopic (exact) mass is 352 g/mol. The predicted octanol–water partition coefficient (Wildman–Crippen LogP) is 5.20. The third-order valence-corrected chi connectivity index (χ3v) is 4.90. The molecule has 0 bridgehead atoms. The standard InChI is InChI=1S/C21H36O4/c1-6-7-8-9-10-11-12-19(21(23-3,24-4)25-5)17-18-13-15-20(22-2)16-14-18/h13-16,19H,6-12,17H2,1-5H3. The van der Waals surface area contributed by atoms with Crippen molar-refractivity contribution >= 4 is 0 Å². The SMILES string of the molecule is CCCCCCCCC(Cc1ccc(OC)cc1)C(OC)(OC)OC. The van der Waals surface area contributed by atoms with E-state index in [1.54, 1.807) is 28.4 Å². The summed E-state index contributed by atoms with van der Waals surface area (Å²) in [5.41, 5.74) is 1.23. The van der Waals surface area contributed by atoms with Crippen molar-refractivity contribution in [2.45, 2.75) is 64.3 Å². The Bertz CT molecular complexity index is 431. The van der Waals surface area contributed by atoms with Gasteiger partial charge in [0.1, 0.15) is 5.75 Å². The number of unbranched alkanes of at least 4 members (excludes halogenated alkanes) is 5. The fraction of sp³-hybridized carbons (Fsp3) is 0.714. The van der Waals surface area contributed by atoms with Gasteiger partial charge < -0.3 is 18.9 Å². The van der Waals surface area contributed by atoms with Crippen molar-refractivity contribution in [2.24, 2.45) is 5.92 Å². The molecular weight excluding hydrogens is 316 g/mol. The van der Waals surface area contributed by atoms with E-state index in [1.807, 2.05) is 12.1 Å². The first kappa shape index (κ1) is 21.9. The van der Waals surface area contributed by atoms with Crippen LogP contribution >= 0.6 is 0 Å². The molecule has 4 nitrogen and oxygen atoms in total. The van der Waals surface area contributed by atoms with Crippen LogP contribution in [0.5, 0.6) is 5.75 Å². The molecule has 1 atom stereocenters. The van der Waals surface area contributed by atoms with Crippen LogP contribution in [0.4, 0.5) is 0 Å². The quantitative estimate of drug-likeness (QED) is 0.341. The fourth-order valence-electron chi connectivity index (χ4n) is 3.37. The van der Waals surface area contributed by atoms with Gasteiger partial charge in [0.05, 0.1) is 7.11 Å². The highest BCUT2D eigenvalue weighted by Crippen LogP contribution is 2.32. The lowest BCUT2D eigenvalue weighted by molar-refractivity contribution is -0.379. The third-order valence-electron chi connectivity index (χ3n) is 4.90. The van der Waals surface area contributed by atoms with E-state index in [0.29, 0.717) is 0 Å². The van der Waals surface area contributed by atoms with E-state index in [4.69, 9.17) is 18.9 Å². The molecule has 1 aromatic rings. The van der Waals surface area contributed by atoms with Crippen LogP contribution in [0.1, 0.15) is 57.4 Å². The zero-order valence-electron chi connectivity index (χ0n) is 16.7. The molecule has 0 spiro atoms. The Morgan fingerprint density at radius 2 is 1.36 bits per heavy atom. The topological polar surface area (TPSA) is 36.9 Å². The lowest BCUT2D eigenvalue weighted by Gasteiger charge is -2.36. The van der Waals surface area contributed by atoms with Gasteiger partial charge in [0, 0.05) is 27.2 Å². The first-order chi connectivity index (χ1) is 12.2. The Kier molecular flexibility index (Phi) is 10.8. The smallest absolute Gasteiger partial charge is 0.285 e. The van der Waals surface area contributed by atoms with Gasteiger partial charge in [0.25, 0.3) is 5.97 Å². The molecule has 0 heterocycles. The molecule has 1 aromatic carbocycles. The summed E-state index contributed by atoms with van der Waals surface area (Å²) in [5.74, 6) is 0.00312. The van der Waals surface area contributed by atoms with Gasteiger partial charge in [-0.2, -0.15) is 0 Å². The van der Waals surface area contributed by atoms with Crippen LogP contribution in [-0.2, 0) is 20.6 Å². The molecule has 0 N–H and O–H groups in total. The molecule has 1 unspecified atom stereocenters. The summed E-state index contributed by atoms with van der Waals surface area (Å²) in [6.07, 6.45) is 9.47. The van der Waals surface area contributed by atoms with Crippen molar-refractivity contribution in [1.82, 2.24) is 0 Å². The number of methoxy groups -OCH3 is 4. The molecule has 0 radical (unpaired) electrons. The van der Waals surface area contributed by atoms with Crippen LogP contribution in [0.3, 0.4) is 0 Å². The lowest BCUT2D eigenvalue weighted by atomic mass is 9.91. The highest BCUT2D eigenvalue weighted by atomic mass is 16.9. The van der Waals surface area contributed by atoms with Crippen LogP contribution in [0, 0.1) is 5.92 Å². The zero-order valence-corrected chi connectivity index (χ0v) is 16.7. The van der Waals surface area contributed by atoms with Crippen LogP contribution < -0.4 is 4.74 Å². The summed E-state index contributed by atoms with van der Waals surface area (Å²) in [7, 11) is 6.63. The van der Waals surface area contributed by atoms with Crippen molar-refractivity contribution in [3.63, 3.8) is 0 Å². The Morgan fingerprint density at radius 1 is 0.800 bits per heavy atom. The zero-order chi connectivity index (χ0) is 18.5. The van der Waals surface area contributed by atoms with Gasteiger partial charge in [-0.3, -0.25) is 0 Å². The average Bonchev–Trinajstić information content (AvgIpc) is 2.66. The maximum Gasteiger partial charge on any atom is 0.285 e. The molecule has 144 valence electrons. The number of ether oxygens (including phenoxy) is 4. The van der Waals surface area contributed by atoms with Crippen LogP contribution in [0.15, 0.2) is 24.3 Å². The van der Waals surface area contributed by atoms with Gasteiger partial charge in [-0.25, -0.2) is 0 Å². The van der Waals surface area contributed by atoms with Gasteiger partial charge in [-0.1, -0.05) is 57.6 Å². The highest BCUT2D eigenvalue weighted by Gasteiger charge is 2.39. The highest BCUT2D eigenvalue weighted by molar-refractivity contribution is 5.27. The molecule has 25 heavy (non-hydrogen) atoms. The lowest BCUT2D eigenvalue weighted by Crippen LogP contribution is -2.45. The molecule has 0 aliphatic carbocycles. The third kappa shape index (κ3) is 6.96. The number of hydrogen-bond acceptors (Lipinski definition) is 4. The van der Waals surface area contributed by atoms with E-state index < -0.39 is 5.97 Å². The first-order valence-corrected chi connectivity index (χ1v) is 9.44. The van der Waals surface area contributed by atoms with Crippen molar-refractivity contribution < 1.29 is 18.9 Å². The molecule has 0 amide bonds. The summed E-state index contributed by atoms with van der Waals surface area (Å²) >= 11 is 0. The number of benzene rings is 1.